The highest BCUT2D eigenvalue weighted by Crippen LogP contribution is 2.14. The maximum absolute atomic E-state index is 5.80. The fraction of sp³-hybridized carbons (Fsp3) is 0.421. The van der Waals surface area contributed by atoms with Crippen molar-refractivity contribution in [1.82, 2.24) is 10.3 Å². The topological polar surface area (TPSA) is 34.1 Å². The van der Waals surface area contributed by atoms with E-state index in [1.807, 2.05) is 30.3 Å². The molecule has 1 heterocycles. The molecule has 0 saturated heterocycles. The molecule has 0 unspecified atom stereocenters. The second kappa shape index (κ2) is 9.21. The second-order valence-electron chi connectivity index (χ2n) is 5.97. The fourth-order valence-corrected chi connectivity index (χ4v) is 2.25. The van der Waals surface area contributed by atoms with Crippen molar-refractivity contribution < 1.29 is 4.74 Å². The van der Waals surface area contributed by atoms with Crippen molar-refractivity contribution in [1.29, 1.82) is 0 Å². The van der Waals surface area contributed by atoms with Crippen molar-refractivity contribution in [2.45, 2.75) is 39.8 Å². The van der Waals surface area contributed by atoms with E-state index in [-0.39, 0.29) is 0 Å². The number of pyridine rings is 1. The molecule has 2 rings (SSSR count). The van der Waals surface area contributed by atoms with Crippen LogP contribution in [0, 0.1) is 5.92 Å². The summed E-state index contributed by atoms with van der Waals surface area (Å²) in [6, 6.07) is 14.1. The highest BCUT2D eigenvalue weighted by molar-refractivity contribution is 5.28. The molecule has 0 aliphatic rings. The third-order valence-corrected chi connectivity index (χ3v) is 3.48. The zero-order valence-corrected chi connectivity index (χ0v) is 13.6. The van der Waals surface area contributed by atoms with Crippen LogP contribution in [0.15, 0.2) is 48.7 Å². The van der Waals surface area contributed by atoms with Gasteiger partial charge in [-0.25, -0.2) is 0 Å². The maximum Gasteiger partial charge on any atom is 0.130 e. The summed E-state index contributed by atoms with van der Waals surface area (Å²) < 4.78 is 5.80. The lowest BCUT2D eigenvalue weighted by Gasteiger charge is -2.09. The van der Waals surface area contributed by atoms with Crippen LogP contribution in [0.3, 0.4) is 0 Å². The van der Waals surface area contributed by atoms with Gasteiger partial charge in [-0.1, -0.05) is 32.0 Å². The molecule has 2 aromatic rings. The van der Waals surface area contributed by atoms with E-state index in [4.69, 9.17) is 4.74 Å². The van der Waals surface area contributed by atoms with Crippen molar-refractivity contribution in [3.05, 3.63) is 59.9 Å². The molecule has 0 radical (unpaired) electrons. The number of hydrogen-bond donors (Lipinski definition) is 1. The molecule has 3 nitrogen and oxygen atoms in total. The number of ether oxygens (including phenoxy) is 1. The first kappa shape index (κ1) is 16.5. The highest BCUT2D eigenvalue weighted by atomic mass is 16.5. The van der Waals surface area contributed by atoms with Gasteiger partial charge in [0.15, 0.2) is 0 Å². The van der Waals surface area contributed by atoms with E-state index < -0.39 is 0 Å². The van der Waals surface area contributed by atoms with Crippen LogP contribution in [0.2, 0.25) is 0 Å². The minimum absolute atomic E-state index is 0.506. The average molecular weight is 298 g/mol. The van der Waals surface area contributed by atoms with Crippen LogP contribution in [0.5, 0.6) is 5.75 Å². The number of nitrogens with zero attached hydrogens (tertiary/aromatic N) is 1. The molecule has 0 aliphatic carbocycles. The quantitative estimate of drug-likeness (QED) is 0.705. The number of benzene rings is 1. The van der Waals surface area contributed by atoms with Crippen LogP contribution in [0.1, 0.15) is 37.9 Å². The molecule has 118 valence electrons. The van der Waals surface area contributed by atoms with E-state index in [0.29, 0.717) is 6.61 Å². The summed E-state index contributed by atoms with van der Waals surface area (Å²) in [5.41, 5.74) is 2.20. The Kier molecular flexibility index (Phi) is 6.91. The Bertz CT molecular complexity index is 540. The summed E-state index contributed by atoms with van der Waals surface area (Å²) >= 11 is 0. The smallest absolute Gasteiger partial charge is 0.130 e. The van der Waals surface area contributed by atoms with Crippen molar-refractivity contribution >= 4 is 0 Å². The molecule has 0 atom stereocenters. The van der Waals surface area contributed by atoms with Gasteiger partial charge in [0.2, 0.25) is 0 Å². The normalized spacial score (nSPS) is 10.9. The Morgan fingerprint density at radius 3 is 2.82 bits per heavy atom. The highest BCUT2D eigenvalue weighted by Gasteiger charge is 1.99. The van der Waals surface area contributed by atoms with E-state index in [1.54, 1.807) is 6.20 Å². The zero-order chi connectivity index (χ0) is 15.6. The van der Waals surface area contributed by atoms with Crippen LogP contribution in [-0.2, 0) is 13.2 Å². The maximum atomic E-state index is 5.80. The Morgan fingerprint density at radius 1 is 1.14 bits per heavy atom. The SMILES string of the molecule is CC(C)CCCNCc1cccc(OCc2ccccn2)c1. The summed E-state index contributed by atoms with van der Waals surface area (Å²) in [7, 11) is 0. The summed E-state index contributed by atoms with van der Waals surface area (Å²) in [5, 5.41) is 3.49. The molecule has 0 fully saturated rings. The molecular formula is C19H26N2O. The summed E-state index contributed by atoms with van der Waals surface area (Å²) in [6.45, 7) is 6.99. The van der Waals surface area contributed by atoms with Gasteiger partial charge in [0.05, 0.1) is 5.69 Å². The summed E-state index contributed by atoms with van der Waals surface area (Å²) in [4.78, 5) is 4.26. The molecule has 3 heteroatoms. The first-order chi connectivity index (χ1) is 10.7. The average Bonchev–Trinajstić information content (AvgIpc) is 2.54. The van der Waals surface area contributed by atoms with Gasteiger partial charge >= 0.3 is 0 Å². The van der Waals surface area contributed by atoms with Crippen LogP contribution >= 0.6 is 0 Å². The van der Waals surface area contributed by atoms with Gasteiger partial charge in [0, 0.05) is 12.7 Å². The Balaban J connectivity index is 1.75. The Morgan fingerprint density at radius 2 is 2.05 bits per heavy atom. The van der Waals surface area contributed by atoms with E-state index in [2.05, 4.69) is 36.3 Å². The predicted molar refractivity (Wildman–Crippen MR) is 90.8 cm³/mol. The van der Waals surface area contributed by atoms with Gasteiger partial charge in [-0.2, -0.15) is 0 Å². The van der Waals surface area contributed by atoms with Crippen LogP contribution in [0.25, 0.3) is 0 Å². The summed E-state index contributed by atoms with van der Waals surface area (Å²) in [6.07, 6.45) is 4.30. The van der Waals surface area contributed by atoms with E-state index >= 15 is 0 Å². The van der Waals surface area contributed by atoms with Gasteiger partial charge in [0.25, 0.3) is 0 Å². The monoisotopic (exact) mass is 298 g/mol. The molecule has 0 saturated carbocycles. The lowest BCUT2D eigenvalue weighted by molar-refractivity contribution is 0.301. The minimum atomic E-state index is 0.506. The second-order valence-corrected chi connectivity index (χ2v) is 5.97. The number of hydrogen-bond acceptors (Lipinski definition) is 3. The van der Waals surface area contributed by atoms with Crippen LogP contribution in [-0.4, -0.2) is 11.5 Å². The van der Waals surface area contributed by atoms with Gasteiger partial charge in [-0.15, -0.1) is 0 Å². The predicted octanol–water partition coefficient (Wildman–Crippen LogP) is 4.19. The van der Waals surface area contributed by atoms with Gasteiger partial charge in [-0.05, 0) is 55.1 Å². The molecule has 0 bridgehead atoms. The van der Waals surface area contributed by atoms with Crippen LogP contribution < -0.4 is 10.1 Å². The van der Waals surface area contributed by atoms with E-state index in [9.17, 15) is 0 Å². The molecule has 1 aromatic carbocycles. The molecule has 1 N–H and O–H groups in total. The Labute approximate surface area is 133 Å². The molecule has 0 amide bonds. The number of rotatable bonds is 9. The first-order valence-corrected chi connectivity index (χ1v) is 8.06. The molecule has 22 heavy (non-hydrogen) atoms. The third kappa shape index (κ3) is 6.27. The van der Waals surface area contributed by atoms with Crippen molar-refractivity contribution in [3.63, 3.8) is 0 Å². The van der Waals surface area contributed by atoms with Crippen molar-refractivity contribution in [2.24, 2.45) is 5.92 Å². The van der Waals surface area contributed by atoms with Crippen LogP contribution in [0.4, 0.5) is 0 Å². The van der Waals surface area contributed by atoms with Gasteiger partial charge in [-0.3, -0.25) is 4.98 Å². The Hall–Kier alpha value is -1.87. The molecule has 0 aliphatic heterocycles. The first-order valence-electron chi connectivity index (χ1n) is 8.06. The van der Waals surface area contributed by atoms with E-state index in [1.165, 1.54) is 18.4 Å². The summed E-state index contributed by atoms with van der Waals surface area (Å²) in [5.74, 6) is 1.68. The number of nitrogens with one attached hydrogen (secondary N) is 1. The van der Waals surface area contributed by atoms with Crippen molar-refractivity contribution in [2.75, 3.05) is 6.54 Å². The number of aromatic nitrogens is 1. The van der Waals surface area contributed by atoms with Gasteiger partial charge < -0.3 is 10.1 Å². The lowest BCUT2D eigenvalue weighted by Crippen LogP contribution is -2.15. The van der Waals surface area contributed by atoms with E-state index in [0.717, 1.165) is 30.5 Å². The van der Waals surface area contributed by atoms with Crippen molar-refractivity contribution in [3.8, 4) is 5.75 Å². The fourth-order valence-electron chi connectivity index (χ4n) is 2.25. The van der Waals surface area contributed by atoms with Gasteiger partial charge in [0.1, 0.15) is 12.4 Å². The molecule has 1 aromatic heterocycles. The minimum Gasteiger partial charge on any atom is -0.487 e. The lowest BCUT2D eigenvalue weighted by atomic mass is 10.1. The molecule has 0 spiro atoms. The molecular weight excluding hydrogens is 272 g/mol. The zero-order valence-electron chi connectivity index (χ0n) is 13.6. The third-order valence-electron chi connectivity index (χ3n) is 3.48. The standard InChI is InChI=1S/C19H26N2O/c1-16(2)7-6-11-20-14-17-8-5-10-19(13-17)22-15-18-9-3-4-12-21-18/h3-5,8-10,12-13,16,20H,6-7,11,14-15H2,1-2H3. The largest absolute Gasteiger partial charge is 0.487 e.